The normalized spacial score (nSPS) is 16.4. The van der Waals surface area contributed by atoms with Gasteiger partial charge in [0.05, 0.1) is 0 Å². The van der Waals surface area contributed by atoms with Gasteiger partial charge >= 0.3 is 6.03 Å². The van der Waals surface area contributed by atoms with Crippen LogP contribution < -0.4 is 10.6 Å². The van der Waals surface area contributed by atoms with Gasteiger partial charge < -0.3 is 10.6 Å². The number of urea groups is 1. The van der Waals surface area contributed by atoms with Crippen molar-refractivity contribution in [1.82, 2.24) is 10.2 Å². The molecule has 1 aliphatic heterocycles. The molecule has 0 unspecified atom stereocenters. The summed E-state index contributed by atoms with van der Waals surface area (Å²) in [6.07, 6.45) is 0. The van der Waals surface area contributed by atoms with Gasteiger partial charge in [0.2, 0.25) is 0 Å². The Morgan fingerprint density at radius 3 is 2.32 bits per heavy atom. The first-order valence-corrected chi connectivity index (χ1v) is 8.62. The molecule has 2 atom stereocenters. The monoisotopic (exact) mass is 338 g/mol. The lowest BCUT2D eigenvalue weighted by Gasteiger charge is -2.23. The Morgan fingerprint density at radius 2 is 1.72 bits per heavy atom. The lowest BCUT2D eigenvalue weighted by molar-refractivity contribution is -0.705. The molecule has 0 aromatic heterocycles. The smallest absolute Gasteiger partial charge is 0.324 e. The van der Waals surface area contributed by atoms with Gasteiger partial charge in [-0.1, -0.05) is 60.2 Å². The summed E-state index contributed by atoms with van der Waals surface area (Å²) in [4.78, 5) is 25.7. The van der Waals surface area contributed by atoms with E-state index in [4.69, 9.17) is 0 Å². The summed E-state index contributed by atoms with van der Waals surface area (Å²) in [5.41, 5.74) is 3.48. The topological polar surface area (TPSA) is 66.0 Å². The summed E-state index contributed by atoms with van der Waals surface area (Å²) < 4.78 is 0. The third-order valence-corrected chi connectivity index (χ3v) is 4.59. The Bertz CT molecular complexity index is 743. The maximum Gasteiger partial charge on any atom is 0.324 e. The van der Waals surface area contributed by atoms with Crippen molar-refractivity contribution in [3.8, 4) is 0 Å². The molecular weight excluding hydrogens is 314 g/mol. The number of nitrogens with zero attached hydrogens (tertiary/aromatic N) is 1. The van der Waals surface area contributed by atoms with Crippen LogP contribution in [0.25, 0.3) is 0 Å². The van der Waals surface area contributed by atoms with Gasteiger partial charge in [-0.3, -0.25) is 9.69 Å². The number of hydrogen-bond acceptors (Lipinski definition) is 2. The number of nitrogens with one attached hydrogen (secondary N) is 1. The van der Waals surface area contributed by atoms with Gasteiger partial charge in [-0.05, 0) is 13.8 Å². The van der Waals surface area contributed by atoms with Crippen LogP contribution in [0.2, 0.25) is 0 Å². The molecular formula is C20H24N3O2+. The van der Waals surface area contributed by atoms with E-state index in [0.29, 0.717) is 13.1 Å². The number of amides is 3. The minimum atomic E-state index is -0.352. The first kappa shape index (κ1) is 17.2. The predicted molar refractivity (Wildman–Crippen MR) is 96.0 cm³/mol. The van der Waals surface area contributed by atoms with Crippen molar-refractivity contribution in [3.63, 3.8) is 0 Å². The first-order chi connectivity index (χ1) is 12.1. The summed E-state index contributed by atoms with van der Waals surface area (Å²) >= 11 is 0. The second-order valence-corrected chi connectivity index (χ2v) is 6.50. The summed E-state index contributed by atoms with van der Waals surface area (Å²) in [6, 6.07) is 17.9. The average molecular weight is 338 g/mol. The minimum Gasteiger partial charge on any atom is -0.336 e. The van der Waals surface area contributed by atoms with Crippen LogP contribution in [0.4, 0.5) is 4.79 Å². The van der Waals surface area contributed by atoms with E-state index in [1.165, 1.54) is 10.5 Å². The van der Waals surface area contributed by atoms with Crippen LogP contribution in [0.15, 0.2) is 54.6 Å². The first-order valence-electron chi connectivity index (χ1n) is 8.62. The average Bonchev–Trinajstić information content (AvgIpc) is 3.06. The number of aryl methyl sites for hydroxylation is 1. The van der Waals surface area contributed by atoms with Gasteiger partial charge in [-0.2, -0.15) is 0 Å². The fourth-order valence-electron chi connectivity index (χ4n) is 3.15. The molecule has 3 amide bonds. The fourth-order valence-corrected chi connectivity index (χ4v) is 3.15. The van der Waals surface area contributed by atoms with Gasteiger partial charge in [0.25, 0.3) is 5.91 Å². The van der Waals surface area contributed by atoms with E-state index < -0.39 is 0 Å². The number of imide groups is 1. The maximum atomic E-state index is 12.6. The van der Waals surface area contributed by atoms with Gasteiger partial charge in [0, 0.05) is 24.2 Å². The summed E-state index contributed by atoms with van der Waals surface area (Å²) in [6.45, 7) is 4.88. The molecule has 25 heavy (non-hydrogen) atoms. The van der Waals surface area contributed by atoms with Gasteiger partial charge in [0.1, 0.15) is 6.04 Å². The number of quaternary nitrogens is 1. The molecule has 0 radical (unpaired) electrons. The molecule has 5 nitrogen and oxygen atoms in total. The number of carbonyl (C=O) groups is 2. The van der Waals surface area contributed by atoms with Crippen LogP contribution in [0.5, 0.6) is 0 Å². The second-order valence-electron chi connectivity index (χ2n) is 6.50. The molecule has 3 N–H and O–H groups in total. The Hall–Kier alpha value is -2.66. The van der Waals surface area contributed by atoms with Crippen LogP contribution in [-0.2, 0) is 4.79 Å². The molecule has 1 fully saturated rings. The molecule has 2 aromatic carbocycles. The van der Waals surface area contributed by atoms with Crippen molar-refractivity contribution in [3.05, 3.63) is 71.3 Å². The largest absolute Gasteiger partial charge is 0.336 e. The van der Waals surface area contributed by atoms with E-state index in [1.807, 2.05) is 30.4 Å². The highest BCUT2D eigenvalue weighted by atomic mass is 16.2. The number of rotatable bonds is 5. The van der Waals surface area contributed by atoms with Gasteiger partial charge in [-0.15, -0.1) is 0 Å². The summed E-state index contributed by atoms with van der Waals surface area (Å²) in [5.74, 6) is -0.150. The van der Waals surface area contributed by atoms with Crippen molar-refractivity contribution in [2.45, 2.75) is 25.9 Å². The molecule has 1 saturated heterocycles. The summed E-state index contributed by atoms with van der Waals surface area (Å²) in [5, 5.41) is 4.72. The van der Waals surface area contributed by atoms with Crippen LogP contribution >= 0.6 is 0 Å². The zero-order chi connectivity index (χ0) is 17.8. The molecule has 2 aromatic rings. The molecule has 3 rings (SSSR count). The molecule has 0 bridgehead atoms. The van der Waals surface area contributed by atoms with E-state index >= 15 is 0 Å². The molecule has 130 valence electrons. The Balaban J connectivity index is 1.83. The highest BCUT2D eigenvalue weighted by Crippen LogP contribution is 2.19. The highest BCUT2D eigenvalue weighted by molar-refractivity contribution is 5.97. The van der Waals surface area contributed by atoms with E-state index in [9.17, 15) is 9.59 Å². The number of hydrogen-bond donors (Lipinski definition) is 2. The zero-order valence-electron chi connectivity index (χ0n) is 14.6. The Kier molecular flexibility index (Phi) is 5.14. The van der Waals surface area contributed by atoms with Crippen molar-refractivity contribution in [1.29, 1.82) is 0 Å². The molecule has 1 aliphatic rings. The zero-order valence-corrected chi connectivity index (χ0v) is 14.6. The van der Waals surface area contributed by atoms with Crippen LogP contribution in [-0.4, -0.2) is 36.0 Å². The van der Waals surface area contributed by atoms with Crippen molar-refractivity contribution < 1.29 is 14.9 Å². The predicted octanol–water partition coefficient (Wildman–Crippen LogP) is 1.59. The Labute approximate surface area is 148 Å². The van der Waals surface area contributed by atoms with E-state index in [2.05, 4.69) is 48.6 Å². The Morgan fingerprint density at radius 1 is 1.08 bits per heavy atom. The lowest BCUT2D eigenvalue weighted by atomic mass is 9.97. The summed E-state index contributed by atoms with van der Waals surface area (Å²) in [7, 11) is 0. The van der Waals surface area contributed by atoms with E-state index in [0.717, 1.165) is 11.1 Å². The van der Waals surface area contributed by atoms with Gasteiger partial charge in [-0.25, -0.2) is 4.79 Å². The molecule has 0 spiro atoms. The van der Waals surface area contributed by atoms with Crippen molar-refractivity contribution in [2.75, 3.05) is 13.1 Å². The highest BCUT2D eigenvalue weighted by Gasteiger charge is 2.33. The fraction of sp³-hybridized carbons (Fsp3) is 0.300. The molecule has 0 aliphatic carbocycles. The minimum absolute atomic E-state index is 0.00594. The molecule has 0 saturated carbocycles. The van der Waals surface area contributed by atoms with E-state index in [-0.39, 0.29) is 24.0 Å². The maximum absolute atomic E-state index is 12.6. The molecule has 1 heterocycles. The number of nitrogens with two attached hydrogens (primary N) is 1. The van der Waals surface area contributed by atoms with Crippen molar-refractivity contribution >= 4 is 11.9 Å². The number of benzene rings is 2. The molecule has 5 heteroatoms. The second kappa shape index (κ2) is 7.49. The van der Waals surface area contributed by atoms with Crippen LogP contribution in [0.3, 0.4) is 0 Å². The lowest BCUT2D eigenvalue weighted by Crippen LogP contribution is -2.92. The number of carbonyl (C=O) groups excluding carboxylic acids is 2. The third kappa shape index (κ3) is 3.88. The van der Waals surface area contributed by atoms with Crippen LogP contribution in [0.1, 0.15) is 29.7 Å². The standard InChI is InChI=1S/C20H23N3O2/c1-14-8-10-17(11-9-14)18(16-6-4-3-5-7-16)22-15(2)19(24)23-13-12-21-20(23)25/h3-11,15,18,22H,12-13H2,1-2H3,(H,21,25)/p+1/t15-,18+/m1/s1. The SMILES string of the molecule is Cc1ccc([C@@H]([NH2+][C@H](C)C(=O)N2CCNC2=O)c2ccccc2)cc1. The third-order valence-electron chi connectivity index (χ3n) is 4.59. The van der Waals surface area contributed by atoms with Crippen molar-refractivity contribution in [2.24, 2.45) is 0 Å². The van der Waals surface area contributed by atoms with Crippen LogP contribution in [0, 0.1) is 6.92 Å². The van der Waals surface area contributed by atoms with E-state index in [1.54, 1.807) is 0 Å². The quantitative estimate of drug-likeness (QED) is 0.869. The van der Waals surface area contributed by atoms with Gasteiger partial charge in [0.15, 0.2) is 6.04 Å².